The Balaban J connectivity index is 0.861. The number of aromatic nitrogens is 2. The summed E-state index contributed by atoms with van der Waals surface area (Å²) in [5.41, 5.74) is 19.6. The molecule has 0 spiro atoms. The van der Waals surface area contributed by atoms with Crippen molar-refractivity contribution in [3.05, 3.63) is 271 Å². The van der Waals surface area contributed by atoms with Gasteiger partial charge in [-0.15, -0.1) is 0 Å². The highest BCUT2D eigenvalue weighted by Crippen LogP contribution is 2.40. The van der Waals surface area contributed by atoms with Crippen LogP contribution in [0.1, 0.15) is 22.9 Å². The van der Waals surface area contributed by atoms with Gasteiger partial charge in [0.1, 0.15) is 6.17 Å². The van der Waals surface area contributed by atoms with E-state index in [0.29, 0.717) is 5.82 Å². The molecule has 66 heavy (non-hydrogen) atoms. The summed E-state index contributed by atoms with van der Waals surface area (Å²) < 4.78 is 0. The monoisotopic (exact) mass is 844 g/mol. The fourth-order valence-corrected chi connectivity index (χ4v) is 8.77. The lowest BCUT2D eigenvalue weighted by Crippen LogP contribution is -2.24. The van der Waals surface area contributed by atoms with Crippen molar-refractivity contribution in [2.75, 3.05) is 0 Å². The third-order valence-electron chi connectivity index (χ3n) is 12.2. The molecule has 0 aliphatic carbocycles. The van der Waals surface area contributed by atoms with Crippen LogP contribution in [0.4, 0.5) is 0 Å². The number of aliphatic imine (C=N–C) groups is 1. The summed E-state index contributed by atoms with van der Waals surface area (Å²) in [7, 11) is 0. The van der Waals surface area contributed by atoms with Crippen molar-refractivity contribution in [1.29, 1.82) is 0 Å². The zero-order valence-corrected chi connectivity index (χ0v) is 36.2. The van der Waals surface area contributed by atoms with E-state index >= 15 is 0 Å². The number of benzene rings is 9. The summed E-state index contributed by atoms with van der Waals surface area (Å²) in [4.78, 5) is 15.2. The number of hydrogen-bond donors (Lipinski definition) is 1. The maximum Gasteiger partial charge on any atom is 0.160 e. The SMILES string of the molecule is C1=C(c2ccc(-c3ccc(-c4ccccc4-c4ccccc4-c4ccc(-c5cc(-c6ccccc6)nc(-c6ccccc6)n5)cc4)cc3)cc2)NC(c2ccccc2)N=C1c1ccccc1. The Kier molecular flexibility index (Phi) is 11.0. The predicted octanol–water partition coefficient (Wildman–Crippen LogP) is 15.3. The van der Waals surface area contributed by atoms with Crippen molar-refractivity contribution in [1.82, 2.24) is 15.3 Å². The van der Waals surface area contributed by atoms with Crippen LogP contribution >= 0.6 is 0 Å². The zero-order chi connectivity index (χ0) is 44.1. The normalized spacial score (nSPS) is 13.3. The van der Waals surface area contributed by atoms with Crippen LogP contribution in [0.2, 0.25) is 0 Å². The van der Waals surface area contributed by atoms with Gasteiger partial charge in [-0.25, -0.2) is 9.97 Å². The molecule has 0 saturated heterocycles. The van der Waals surface area contributed by atoms with E-state index in [9.17, 15) is 0 Å². The first-order valence-electron chi connectivity index (χ1n) is 22.4. The smallest absolute Gasteiger partial charge is 0.160 e. The van der Waals surface area contributed by atoms with Crippen LogP contribution in [0.3, 0.4) is 0 Å². The molecule has 1 atom stereocenters. The van der Waals surface area contributed by atoms with Crippen molar-refractivity contribution in [2.24, 2.45) is 4.99 Å². The van der Waals surface area contributed by atoms with Gasteiger partial charge in [0.15, 0.2) is 5.82 Å². The van der Waals surface area contributed by atoms with E-state index in [4.69, 9.17) is 15.0 Å². The number of allylic oxidation sites excluding steroid dienone is 1. The van der Waals surface area contributed by atoms with Crippen molar-refractivity contribution < 1.29 is 0 Å². The molecule has 1 unspecified atom stereocenters. The molecule has 4 heteroatoms. The molecule has 2 heterocycles. The molecular weight excluding hydrogens is 801 g/mol. The lowest BCUT2D eigenvalue weighted by atomic mass is 9.88. The van der Waals surface area contributed by atoms with Crippen LogP contribution in [-0.2, 0) is 0 Å². The molecule has 1 aliphatic rings. The van der Waals surface area contributed by atoms with Crippen LogP contribution in [-0.4, -0.2) is 15.7 Å². The Bertz CT molecular complexity index is 3270. The Morgan fingerprint density at radius 1 is 0.303 bits per heavy atom. The van der Waals surface area contributed by atoms with Crippen molar-refractivity contribution >= 4 is 11.4 Å². The average Bonchev–Trinajstić information content (AvgIpc) is 3.42. The van der Waals surface area contributed by atoms with Crippen LogP contribution in [0.15, 0.2) is 260 Å². The van der Waals surface area contributed by atoms with Crippen LogP contribution < -0.4 is 5.32 Å². The summed E-state index contributed by atoms with van der Waals surface area (Å²) in [6, 6.07) is 87.4. The van der Waals surface area contributed by atoms with Crippen LogP contribution in [0.25, 0.3) is 84.1 Å². The third kappa shape index (κ3) is 8.39. The molecule has 0 radical (unpaired) electrons. The molecule has 0 fully saturated rings. The zero-order valence-electron chi connectivity index (χ0n) is 36.2. The molecule has 1 N–H and O–H groups in total. The topological polar surface area (TPSA) is 50.2 Å². The maximum atomic E-state index is 5.10. The molecule has 4 nitrogen and oxygen atoms in total. The fraction of sp³-hybridized carbons (Fsp3) is 0.0161. The highest BCUT2D eigenvalue weighted by atomic mass is 15.1. The van der Waals surface area contributed by atoms with Crippen LogP contribution in [0.5, 0.6) is 0 Å². The van der Waals surface area contributed by atoms with Gasteiger partial charge >= 0.3 is 0 Å². The predicted molar refractivity (Wildman–Crippen MR) is 273 cm³/mol. The third-order valence-corrected chi connectivity index (χ3v) is 12.2. The highest BCUT2D eigenvalue weighted by molar-refractivity contribution is 6.13. The van der Waals surface area contributed by atoms with E-state index in [-0.39, 0.29) is 6.17 Å². The first-order chi connectivity index (χ1) is 32.7. The van der Waals surface area contributed by atoms with Gasteiger partial charge in [-0.3, -0.25) is 4.99 Å². The largest absolute Gasteiger partial charge is 0.360 e. The molecule has 0 amide bonds. The summed E-state index contributed by atoms with van der Waals surface area (Å²) in [5, 5.41) is 3.70. The number of hydrogen-bond acceptors (Lipinski definition) is 4. The van der Waals surface area contributed by atoms with E-state index in [1.807, 2.05) is 48.5 Å². The van der Waals surface area contributed by atoms with Crippen molar-refractivity contribution in [3.8, 4) is 78.4 Å². The summed E-state index contributed by atoms with van der Waals surface area (Å²) >= 11 is 0. The quantitative estimate of drug-likeness (QED) is 0.149. The van der Waals surface area contributed by atoms with Crippen molar-refractivity contribution in [3.63, 3.8) is 0 Å². The van der Waals surface area contributed by atoms with Gasteiger partial charge in [-0.2, -0.15) is 0 Å². The van der Waals surface area contributed by atoms with Gasteiger partial charge in [-0.1, -0.05) is 243 Å². The molecule has 312 valence electrons. The summed E-state index contributed by atoms with van der Waals surface area (Å²) in [5.74, 6) is 0.708. The molecule has 0 bridgehead atoms. The Hall–Kier alpha value is -8.73. The molecular formula is C62H44N4. The average molecular weight is 845 g/mol. The lowest BCUT2D eigenvalue weighted by molar-refractivity contribution is 0.664. The second-order valence-electron chi connectivity index (χ2n) is 16.4. The summed E-state index contributed by atoms with van der Waals surface area (Å²) in [6.45, 7) is 0. The molecule has 1 aliphatic heterocycles. The standard InChI is InChI=1S/C62H44N4/c1-5-17-47(18-6-1)57-41-59(65-61(63-57)51-21-9-3-10-22-51)49-37-31-44(32-38-49)43-29-33-45(34-30-43)53-25-13-15-27-55(53)56-28-16-14-26-54(56)46-35-39-50(40-36-46)60-42-58(48-19-7-2-8-20-48)64-62(66-60)52-23-11-4-12-24-52/h1-42,61,65H. The van der Waals surface area contributed by atoms with E-state index < -0.39 is 0 Å². The minimum absolute atomic E-state index is 0.178. The minimum Gasteiger partial charge on any atom is -0.360 e. The van der Waals surface area contributed by atoms with E-state index in [2.05, 4.69) is 212 Å². The van der Waals surface area contributed by atoms with Gasteiger partial charge < -0.3 is 5.32 Å². The molecule has 11 rings (SSSR count). The molecule has 9 aromatic carbocycles. The number of nitrogens with one attached hydrogen (secondary N) is 1. The van der Waals surface area contributed by atoms with Gasteiger partial charge in [0, 0.05) is 22.4 Å². The first kappa shape index (κ1) is 40.1. The fourth-order valence-electron chi connectivity index (χ4n) is 8.77. The van der Waals surface area contributed by atoms with E-state index in [1.54, 1.807) is 0 Å². The number of nitrogens with zero attached hydrogens (tertiary/aromatic N) is 3. The second-order valence-corrected chi connectivity index (χ2v) is 16.4. The maximum absolute atomic E-state index is 5.10. The molecule has 0 saturated carbocycles. The first-order valence-corrected chi connectivity index (χ1v) is 22.4. The molecule has 10 aromatic rings. The Morgan fingerprint density at radius 3 is 1.20 bits per heavy atom. The van der Waals surface area contributed by atoms with E-state index in [1.165, 1.54) is 27.8 Å². The van der Waals surface area contributed by atoms with Crippen molar-refractivity contribution in [2.45, 2.75) is 6.17 Å². The van der Waals surface area contributed by atoms with Gasteiger partial charge in [0.25, 0.3) is 0 Å². The summed E-state index contributed by atoms with van der Waals surface area (Å²) in [6.07, 6.45) is 1.98. The lowest BCUT2D eigenvalue weighted by Gasteiger charge is -2.25. The second kappa shape index (κ2) is 18.2. The Morgan fingerprint density at radius 2 is 0.682 bits per heavy atom. The highest BCUT2D eigenvalue weighted by Gasteiger charge is 2.20. The minimum atomic E-state index is -0.178. The Labute approximate surface area is 386 Å². The number of rotatable bonds is 10. The van der Waals surface area contributed by atoms with E-state index in [0.717, 1.165) is 72.9 Å². The molecule has 1 aromatic heterocycles. The van der Waals surface area contributed by atoms with Gasteiger partial charge in [0.2, 0.25) is 0 Å². The van der Waals surface area contributed by atoms with Gasteiger partial charge in [-0.05, 0) is 73.3 Å². The van der Waals surface area contributed by atoms with Crippen LogP contribution in [0, 0.1) is 0 Å². The van der Waals surface area contributed by atoms with Gasteiger partial charge in [0.05, 0.1) is 17.1 Å².